The first-order valence-electron chi connectivity index (χ1n) is 4.71. The smallest absolute Gasteiger partial charge is 0.108 e. The van der Waals surface area contributed by atoms with Crippen molar-refractivity contribution in [3.8, 4) is 0 Å². The van der Waals surface area contributed by atoms with Crippen LogP contribution < -0.4 is 0 Å². The van der Waals surface area contributed by atoms with Gasteiger partial charge < -0.3 is 0 Å². The third-order valence-electron chi connectivity index (χ3n) is 2.77. The first-order chi connectivity index (χ1) is 6.90. The van der Waals surface area contributed by atoms with Crippen LogP contribution in [0.1, 0.15) is 11.1 Å². The van der Waals surface area contributed by atoms with E-state index in [0.717, 1.165) is 11.1 Å². The second-order valence-electron chi connectivity index (χ2n) is 3.56. The van der Waals surface area contributed by atoms with Gasteiger partial charge in [0.1, 0.15) is 6.61 Å². The van der Waals surface area contributed by atoms with E-state index in [1.807, 2.05) is 24.3 Å². The Labute approximate surface area is 82.3 Å². The molecule has 2 aromatic rings. The Bertz CT molecular complexity index is 533. The van der Waals surface area contributed by atoms with Gasteiger partial charge in [0.05, 0.1) is 0 Å². The number of hydrogen-bond acceptors (Lipinski definition) is 0. The third kappa shape index (κ3) is 0.875. The molecule has 0 saturated heterocycles. The molecule has 14 heavy (non-hydrogen) atoms. The second kappa shape index (κ2) is 2.69. The molecule has 0 bridgehead atoms. The molecule has 1 aliphatic carbocycles. The lowest BCUT2D eigenvalue weighted by Crippen LogP contribution is -1.84. The van der Waals surface area contributed by atoms with E-state index in [1.165, 1.54) is 16.3 Å². The lowest BCUT2D eigenvalue weighted by atomic mass is 10.0. The number of benzene rings is 2. The Balaban J connectivity index is 2.46. The Kier molecular flexibility index (Phi) is 1.49. The summed E-state index contributed by atoms with van der Waals surface area (Å²) in [5.74, 6) is 0. The van der Waals surface area contributed by atoms with Gasteiger partial charge in [0, 0.05) is 0 Å². The van der Waals surface area contributed by atoms with Crippen LogP contribution in [-0.2, 0) is 5.11 Å². The zero-order chi connectivity index (χ0) is 9.54. The van der Waals surface area contributed by atoms with E-state index in [2.05, 4.69) is 18.2 Å². The van der Waals surface area contributed by atoms with Gasteiger partial charge in [-0.3, -0.25) is 0 Å². The highest BCUT2D eigenvalue weighted by molar-refractivity contribution is 6.09. The van der Waals surface area contributed by atoms with Crippen LogP contribution in [0.5, 0.6) is 0 Å². The molecule has 67 valence electrons. The molecule has 0 N–H and O–H groups in total. The Morgan fingerprint density at radius 1 is 1.00 bits per heavy atom. The first kappa shape index (κ1) is 7.77. The Morgan fingerprint density at radius 3 is 2.57 bits per heavy atom. The zero-order valence-electron chi connectivity index (χ0n) is 7.66. The van der Waals surface area contributed by atoms with Crippen LogP contribution in [0.3, 0.4) is 0 Å². The van der Waals surface area contributed by atoms with Crippen LogP contribution in [-0.4, -0.2) is 6.61 Å². The minimum Gasteiger partial charge on any atom is -0.232 e. The summed E-state index contributed by atoms with van der Waals surface area (Å²) in [5, 5.41) is 13.4. The van der Waals surface area contributed by atoms with Gasteiger partial charge in [-0.15, -0.1) is 0 Å². The summed E-state index contributed by atoms with van der Waals surface area (Å²) in [6.45, 7) is -0.131. The van der Waals surface area contributed by atoms with Crippen LogP contribution in [0, 0.1) is 0 Å². The van der Waals surface area contributed by atoms with Gasteiger partial charge in [0.15, 0.2) is 0 Å². The summed E-state index contributed by atoms with van der Waals surface area (Å²) in [7, 11) is 0. The largest absolute Gasteiger partial charge is 0.232 e. The molecule has 3 rings (SSSR count). The van der Waals surface area contributed by atoms with E-state index in [-0.39, 0.29) is 6.61 Å². The van der Waals surface area contributed by atoms with Gasteiger partial charge in [-0.25, -0.2) is 5.11 Å². The average molecular weight is 181 g/mol. The van der Waals surface area contributed by atoms with Crippen molar-refractivity contribution in [2.45, 2.75) is 0 Å². The molecular weight excluding hydrogens is 172 g/mol. The molecule has 0 atom stereocenters. The fraction of sp³-hybridized carbons (Fsp3) is 0.0769. The summed E-state index contributed by atoms with van der Waals surface area (Å²) in [4.78, 5) is 0. The summed E-state index contributed by atoms with van der Waals surface area (Å²) >= 11 is 0. The van der Waals surface area contributed by atoms with Gasteiger partial charge >= 0.3 is 0 Å². The highest BCUT2D eigenvalue weighted by Crippen LogP contribution is 2.35. The van der Waals surface area contributed by atoms with E-state index in [0.29, 0.717) is 0 Å². The lowest BCUT2D eigenvalue weighted by Gasteiger charge is -2.02. The van der Waals surface area contributed by atoms with Crippen LogP contribution in [0.15, 0.2) is 36.4 Å². The topological polar surface area (TPSA) is 19.9 Å². The van der Waals surface area contributed by atoms with E-state index >= 15 is 0 Å². The summed E-state index contributed by atoms with van der Waals surface area (Å²) in [6, 6.07) is 12.3. The van der Waals surface area contributed by atoms with Gasteiger partial charge in [-0.05, 0) is 33.5 Å². The molecule has 0 amide bonds. The van der Waals surface area contributed by atoms with Crippen molar-refractivity contribution in [1.29, 1.82) is 0 Å². The van der Waals surface area contributed by atoms with E-state index < -0.39 is 0 Å². The van der Waals surface area contributed by atoms with Crippen molar-refractivity contribution in [2.75, 3.05) is 6.61 Å². The van der Waals surface area contributed by atoms with Gasteiger partial charge in [0.2, 0.25) is 0 Å². The molecular formula is C13H9O. The predicted molar refractivity (Wildman–Crippen MR) is 57.4 cm³/mol. The maximum absolute atomic E-state index is 11.0. The maximum Gasteiger partial charge on any atom is 0.108 e. The molecule has 0 saturated carbocycles. The molecule has 1 heteroatoms. The van der Waals surface area contributed by atoms with Crippen molar-refractivity contribution < 1.29 is 5.11 Å². The minimum absolute atomic E-state index is 0.131. The zero-order valence-corrected chi connectivity index (χ0v) is 7.66. The standard InChI is InChI=1S/C13H9O/c14-8-11-7-10-5-1-3-9-4-2-6-12(11)13(9)10/h1-7H,8H2. The van der Waals surface area contributed by atoms with Crippen molar-refractivity contribution in [3.63, 3.8) is 0 Å². The molecule has 0 heterocycles. The molecule has 2 aromatic carbocycles. The van der Waals surface area contributed by atoms with Crippen LogP contribution >= 0.6 is 0 Å². The summed E-state index contributed by atoms with van der Waals surface area (Å²) < 4.78 is 0. The molecule has 0 spiro atoms. The lowest BCUT2D eigenvalue weighted by molar-refractivity contribution is 0.239. The highest BCUT2D eigenvalue weighted by Gasteiger charge is 2.14. The molecule has 1 nitrogen and oxygen atoms in total. The monoisotopic (exact) mass is 181 g/mol. The van der Waals surface area contributed by atoms with E-state index in [9.17, 15) is 5.11 Å². The van der Waals surface area contributed by atoms with Crippen LogP contribution in [0.2, 0.25) is 0 Å². The first-order valence-corrected chi connectivity index (χ1v) is 4.71. The highest BCUT2D eigenvalue weighted by atomic mass is 16.3. The second-order valence-corrected chi connectivity index (χ2v) is 3.56. The van der Waals surface area contributed by atoms with Gasteiger partial charge in [0.25, 0.3) is 0 Å². The summed E-state index contributed by atoms with van der Waals surface area (Å²) in [5.41, 5.74) is 3.22. The fourth-order valence-electron chi connectivity index (χ4n) is 2.14. The SMILES string of the molecule is [O]CC1=Cc2cccc3cccc1c23. The van der Waals surface area contributed by atoms with Crippen molar-refractivity contribution in [2.24, 2.45) is 0 Å². The fourth-order valence-corrected chi connectivity index (χ4v) is 2.14. The normalized spacial score (nSPS) is 13.4. The number of hydrogen-bond donors (Lipinski definition) is 0. The van der Waals surface area contributed by atoms with E-state index in [4.69, 9.17) is 0 Å². The van der Waals surface area contributed by atoms with Crippen LogP contribution in [0.25, 0.3) is 22.4 Å². The van der Waals surface area contributed by atoms with Crippen LogP contribution in [0.4, 0.5) is 0 Å². The van der Waals surface area contributed by atoms with Crippen molar-refractivity contribution in [3.05, 3.63) is 47.5 Å². The van der Waals surface area contributed by atoms with E-state index in [1.54, 1.807) is 0 Å². The van der Waals surface area contributed by atoms with Gasteiger partial charge in [-0.1, -0.05) is 36.4 Å². The molecule has 0 aromatic heterocycles. The Morgan fingerprint density at radius 2 is 1.79 bits per heavy atom. The average Bonchev–Trinajstić information content (AvgIpc) is 2.60. The Hall–Kier alpha value is -1.60. The minimum atomic E-state index is -0.131. The van der Waals surface area contributed by atoms with Gasteiger partial charge in [-0.2, -0.15) is 0 Å². The molecule has 1 aliphatic rings. The molecule has 0 aliphatic heterocycles. The quantitative estimate of drug-likeness (QED) is 0.644. The summed E-state index contributed by atoms with van der Waals surface area (Å²) in [6.07, 6.45) is 2.00. The third-order valence-corrected chi connectivity index (χ3v) is 2.77. The van der Waals surface area contributed by atoms with Crippen molar-refractivity contribution in [1.82, 2.24) is 0 Å². The number of rotatable bonds is 1. The van der Waals surface area contributed by atoms with Crippen molar-refractivity contribution >= 4 is 22.4 Å². The molecule has 0 unspecified atom stereocenters. The maximum atomic E-state index is 11.0. The molecule has 1 radical (unpaired) electrons. The predicted octanol–water partition coefficient (Wildman–Crippen LogP) is 3.12. The molecule has 0 fully saturated rings.